The number of hydrogen-bond acceptors (Lipinski definition) is 6. The van der Waals surface area contributed by atoms with Crippen LogP contribution in [0.15, 0.2) is 79.8 Å². The minimum Gasteiger partial charge on any atom is -0.395 e. The average molecular weight is 479 g/mol. The van der Waals surface area contributed by atoms with Crippen LogP contribution in [0.5, 0.6) is 0 Å². The summed E-state index contributed by atoms with van der Waals surface area (Å²) < 4.78 is 13.9. The Bertz CT molecular complexity index is 1080. The molecule has 0 radical (unpaired) electrons. The Labute approximate surface area is 205 Å². The molecule has 0 saturated heterocycles. The van der Waals surface area contributed by atoms with Crippen molar-refractivity contribution in [2.24, 2.45) is 0 Å². The third kappa shape index (κ3) is 7.51. The number of nitrogens with one attached hydrogen (secondary N) is 1. The number of aliphatic hydroxyl groups is 2. The maximum absolute atomic E-state index is 13.9. The first-order valence-corrected chi connectivity index (χ1v) is 11.5. The van der Waals surface area contributed by atoms with E-state index >= 15 is 0 Å². The maximum atomic E-state index is 13.9. The zero-order valence-corrected chi connectivity index (χ0v) is 19.6. The third-order valence-corrected chi connectivity index (χ3v) is 5.70. The summed E-state index contributed by atoms with van der Waals surface area (Å²) >= 11 is 0. The first kappa shape index (κ1) is 26.2. The van der Waals surface area contributed by atoms with Crippen molar-refractivity contribution in [1.29, 1.82) is 0 Å². The summed E-state index contributed by atoms with van der Waals surface area (Å²) in [6, 6.07) is 13.8. The Morgan fingerprint density at radius 3 is 2.60 bits per heavy atom. The molecule has 0 saturated carbocycles. The van der Waals surface area contributed by atoms with E-state index < -0.39 is 12.1 Å². The molecule has 1 aromatic carbocycles. The fourth-order valence-corrected chi connectivity index (χ4v) is 3.80. The maximum Gasteiger partial charge on any atom is 0.254 e. The van der Waals surface area contributed by atoms with Crippen molar-refractivity contribution >= 4 is 5.91 Å². The number of halogens is 1. The lowest BCUT2D eigenvalue weighted by Gasteiger charge is -2.23. The van der Waals surface area contributed by atoms with Gasteiger partial charge in [-0.1, -0.05) is 30.3 Å². The fraction of sp³-hybridized carbons (Fsp3) is 0.296. The van der Waals surface area contributed by atoms with Gasteiger partial charge in [0.1, 0.15) is 0 Å². The van der Waals surface area contributed by atoms with Crippen LogP contribution in [0, 0.1) is 5.95 Å². The lowest BCUT2D eigenvalue weighted by Crippen LogP contribution is -2.36. The van der Waals surface area contributed by atoms with E-state index in [-0.39, 0.29) is 31.6 Å². The van der Waals surface area contributed by atoms with E-state index in [1.807, 2.05) is 18.2 Å². The first-order chi connectivity index (χ1) is 17.0. The molecule has 3 aromatic rings. The molecule has 2 unspecified atom stereocenters. The van der Waals surface area contributed by atoms with Crippen molar-refractivity contribution < 1.29 is 19.4 Å². The number of hydrogen-bond donors (Lipinski definition) is 3. The van der Waals surface area contributed by atoms with Gasteiger partial charge in [0.05, 0.1) is 19.3 Å². The molecule has 3 rings (SSSR count). The molecule has 8 heteroatoms. The monoisotopic (exact) mass is 478 g/mol. The molecule has 3 N–H and O–H groups in total. The molecule has 0 aliphatic heterocycles. The van der Waals surface area contributed by atoms with Gasteiger partial charge in [0.15, 0.2) is 0 Å². The highest BCUT2D eigenvalue weighted by Gasteiger charge is 2.20. The molecule has 2 heterocycles. The van der Waals surface area contributed by atoms with Gasteiger partial charge in [0, 0.05) is 47.9 Å². The van der Waals surface area contributed by atoms with E-state index in [1.165, 1.54) is 11.1 Å². The Kier molecular flexibility index (Phi) is 10.0. The molecule has 0 bridgehead atoms. The van der Waals surface area contributed by atoms with Gasteiger partial charge in [-0.05, 0) is 49.2 Å². The SMILES string of the molecule is C=CCC(NCCc1ccc(C(=O)N(CCO)Cc2cccnc2F)cc1)C(O)c1cccnc1. The zero-order valence-electron chi connectivity index (χ0n) is 19.6. The number of aliphatic hydroxyl groups excluding tert-OH is 2. The molecule has 0 fully saturated rings. The number of carbonyl (C=O) groups is 1. The Hall–Kier alpha value is -3.46. The van der Waals surface area contributed by atoms with Crippen LogP contribution < -0.4 is 5.32 Å². The predicted molar refractivity (Wildman–Crippen MR) is 132 cm³/mol. The van der Waals surface area contributed by atoms with Gasteiger partial charge in [-0.25, -0.2) is 4.98 Å². The number of benzene rings is 1. The molecule has 0 aliphatic carbocycles. The number of nitrogens with zero attached hydrogens (tertiary/aromatic N) is 3. The lowest BCUT2D eigenvalue weighted by molar-refractivity contribution is 0.0705. The van der Waals surface area contributed by atoms with Gasteiger partial charge in [-0.15, -0.1) is 6.58 Å². The number of amides is 1. The van der Waals surface area contributed by atoms with E-state index in [1.54, 1.807) is 48.8 Å². The second-order valence-electron chi connectivity index (χ2n) is 8.17. The standard InChI is InChI=1S/C27H31FN4O3/c1-2-5-24(25(34)22-6-3-13-29-18-22)30-15-12-20-8-10-21(11-9-20)27(35)32(16-17-33)19-23-7-4-14-31-26(23)28/h2-4,6-11,13-14,18,24-25,30,33-34H,1,5,12,15-17,19H2. The van der Waals surface area contributed by atoms with Crippen LogP contribution in [0.2, 0.25) is 0 Å². The number of carbonyl (C=O) groups excluding carboxylic acids is 1. The summed E-state index contributed by atoms with van der Waals surface area (Å²) in [7, 11) is 0. The van der Waals surface area contributed by atoms with E-state index in [9.17, 15) is 19.4 Å². The fourth-order valence-electron chi connectivity index (χ4n) is 3.80. The molecular weight excluding hydrogens is 447 g/mol. The molecule has 7 nitrogen and oxygen atoms in total. The summed E-state index contributed by atoms with van der Waals surface area (Å²) in [5, 5.41) is 23.4. The smallest absolute Gasteiger partial charge is 0.254 e. The quantitative estimate of drug-likeness (QED) is 0.258. The molecule has 1 amide bonds. The van der Waals surface area contributed by atoms with Crippen LogP contribution >= 0.6 is 0 Å². The summed E-state index contributed by atoms with van der Waals surface area (Å²) in [4.78, 5) is 22.1. The van der Waals surface area contributed by atoms with Gasteiger partial charge in [-0.2, -0.15) is 4.39 Å². The zero-order chi connectivity index (χ0) is 25.0. The second-order valence-corrected chi connectivity index (χ2v) is 8.17. The Balaban J connectivity index is 1.58. The van der Waals surface area contributed by atoms with Gasteiger partial charge in [-0.3, -0.25) is 9.78 Å². The van der Waals surface area contributed by atoms with Gasteiger partial charge >= 0.3 is 0 Å². The van der Waals surface area contributed by atoms with Crippen molar-refractivity contribution in [2.45, 2.75) is 31.5 Å². The van der Waals surface area contributed by atoms with Crippen LogP contribution in [-0.4, -0.2) is 56.7 Å². The summed E-state index contributed by atoms with van der Waals surface area (Å²) in [6.45, 7) is 4.29. The van der Waals surface area contributed by atoms with Crippen LogP contribution in [0.1, 0.15) is 39.6 Å². The second kappa shape index (κ2) is 13.4. The minimum absolute atomic E-state index is 0.0225. The largest absolute Gasteiger partial charge is 0.395 e. The first-order valence-electron chi connectivity index (χ1n) is 11.5. The topological polar surface area (TPSA) is 98.6 Å². The molecule has 0 spiro atoms. The molecule has 35 heavy (non-hydrogen) atoms. The summed E-state index contributed by atoms with van der Waals surface area (Å²) in [5.41, 5.74) is 2.51. The Morgan fingerprint density at radius 1 is 1.17 bits per heavy atom. The third-order valence-electron chi connectivity index (χ3n) is 5.70. The Morgan fingerprint density at radius 2 is 1.94 bits per heavy atom. The summed E-state index contributed by atoms with van der Waals surface area (Å²) in [5.74, 6) is -0.924. The van der Waals surface area contributed by atoms with Crippen molar-refractivity contribution in [3.8, 4) is 0 Å². The molecule has 184 valence electrons. The van der Waals surface area contributed by atoms with E-state index in [0.717, 1.165) is 11.1 Å². The number of pyridine rings is 2. The van der Waals surface area contributed by atoms with Gasteiger partial charge < -0.3 is 20.4 Å². The van der Waals surface area contributed by atoms with E-state index in [0.29, 0.717) is 30.5 Å². The highest BCUT2D eigenvalue weighted by molar-refractivity contribution is 5.94. The minimum atomic E-state index is -0.705. The van der Waals surface area contributed by atoms with Crippen LogP contribution in [-0.2, 0) is 13.0 Å². The molecular formula is C27H31FN4O3. The van der Waals surface area contributed by atoms with Crippen molar-refractivity contribution in [3.63, 3.8) is 0 Å². The highest BCUT2D eigenvalue weighted by atomic mass is 19.1. The normalized spacial score (nSPS) is 12.7. The van der Waals surface area contributed by atoms with Crippen LogP contribution in [0.4, 0.5) is 4.39 Å². The molecule has 2 aromatic heterocycles. The van der Waals surface area contributed by atoms with E-state index in [4.69, 9.17) is 0 Å². The van der Waals surface area contributed by atoms with Gasteiger partial charge in [0.2, 0.25) is 5.95 Å². The lowest BCUT2D eigenvalue weighted by atomic mass is 10.0. The van der Waals surface area contributed by atoms with Crippen molar-refractivity contribution in [3.05, 3.63) is 108 Å². The van der Waals surface area contributed by atoms with Crippen molar-refractivity contribution in [1.82, 2.24) is 20.2 Å². The highest BCUT2D eigenvalue weighted by Crippen LogP contribution is 2.18. The average Bonchev–Trinajstić information content (AvgIpc) is 2.89. The van der Waals surface area contributed by atoms with Crippen molar-refractivity contribution in [2.75, 3.05) is 19.7 Å². The van der Waals surface area contributed by atoms with E-state index in [2.05, 4.69) is 21.9 Å². The number of rotatable bonds is 13. The predicted octanol–water partition coefficient (Wildman–Crippen LogP) is 3.06. The van der Waals surface area contributed by atoms with Crippen LogP contribution in [0.25, 0.3) is 0 Å². The van der Waals surface area contributed by atoms with Crippen LogP contribution in [0.3, 0.4) is 0 Å². The molecule has 2 atom stereocenters. The molecule has 0 aliphatic rings. The van der Waals surface area contributed by atoms with Gasteiger partial charge in [0.25, 0.3) is 5.91 Å². The summed E-state index contributed by atoms with van der Waals surface area (Å²) in [6.07, 6.45) is 7.03. The number of aromatic nitrogens is 2.